The van der Waals surface area contributed by atoms with Crippen molar-refractivity contribution in [3.63, 3.8) is 0 Å². The van der Waals surface area contributed by atoms with Crippen LogP contribution in [0.1, 0.15) is 0 Å². The van der Waals surface area contributed by atoms with Crippen LogP contribution in [0.3, 0.4) is 0 Å². The lowest BCUT2D eigenvalue weighted by molar-refractivity contribution is 1.27. The Morgan fingerprint density at radius 1 is 0.889 bits per heavy atom. The van der Waals surface area contributed by atoms with Gasteiger partial charge >= 0.3 is 0 Å². The van der Waals surface area contributed by atoms with E-state index in [9.17, 15) is 0 Å². The molecule has 0 aliphatic heterocycles. The average Bonchev–Trinajstić information content (AvgIpc) is 2.83. The van der Waals surface area contributed by atoms with E-state index in [1.54, 1.807) is 18.6 Å². The first-order valence-corrected chi connectivity index (χ1v) is 5.94. The van der Waals surface area contributed by atoms with Crippen molar-refractivity contribution in [2.45, 2.75) is 0 Å². The van der Waals surface area contributed by atoms with Crippen molar-refractivity contribution in [1.82, 2.24) is 15.0 Å². The molecule has 3 aromatic rings. The van der Waals surface area contributed by atoms with Crippen molar-refractivity contribution in [2.75, 3.05) is 0 Å². The largest absolute Gasteiger partial charge is 0.358 e. The fraction of sp³-hybridized carbons (Fsp3) is 0. The Morgan fingerprint density at radius 2 is 1.56 bits per heavy atom. The molecule has 0 aliphatic carbocycles. The van der Waals surface area contributed by atoms with E-state index in [1.807, 2.05) is 36.4 Å². The number of H-pyrrole nitrogens is 1. The molecule has 0 radical (unpaired) electrons. The summed E-state index contributed by atoms with van der Waals surface area (Å²) in [4.78, 5) is 11.8. The van der Waals surface area contributed by atoms with Gasteiger partial charge in [-0.25, -0.2) is 0 Å². The van der Waals surface area contributed by atoms with E-state index in [2.05, 4.69) is 15.0 Å². The summed E-state index contributed by atoms with van der Waals surface area (Å²) in [5.41, 5.74) is 3.46. The molecule has 3 heterocycles. The van der Waals surface area contributed by atoms with Gasteiger partial charge in [0.2, 0.25) is 0 Å². The summed E-state index contributed by atoms with van der Waals surface area (Å²) in [6.45, 7) is 0. The van der Waals surface area contributed by atoms with Crippen LogP contribution in [0, 0.1) is 0 Å². The number of rotatable bonds is 2. The van der Waals surface area contributed by atoms with Gasteiger partial charge in [0, 0.05) is 24.2 Å². The fourth-order valence-electron chi connectivity index (χ4n) is 1.87. The number of hydrogen-bond donors (Lipinski definition) is 1. The van der Waals surface area contributed by atoms with Crippen molar-refractivity contribution in [1.29, 1.82) is 0 Å². The lowest BCUT2D eigenvalue weighted by Gasteiger charge is -2.03. The van der Waals surface area contributed by atoms with Gasteiger partial charge in [-0.2, -0.15) is 0 Å². The van der Waals surface area contributed by atoms with Gasteiger partial charge in [-0.15, -0.1) is 0 Å². The molecular weight excluding hydrogens is 246 g/mol. The second-order valence-electron chi connectivity index (χ2n) is 3.82. The maximum atomic E-state index is 6.23. The highest BCUT2D eigenvalue weighted by molar-refractivity contribution is 6.34. The summed E-state index contributed by atoms with van der Waals surface area (Å²) in [6, 6.07) is 11.5. The average molecular weight is 256 g/mol. The lowest BCUT2D eigenvalue weighted by atomic mass is 10.1. The van der Waals surface area contributed by atoms with Crippen LogP contribution in [-0.4, -0.2) is 15.0 Å². The minimum absolute atomic E-state index is 0.648. The maximum Gasteiger partial charge on any atom is 0.0871 e. The van der Waals surface area contributed by atoms with Gasteiger partial charge in [0.15, 0.2) is 0 Å². The second kappa shape index (κ2) is 4.63. The molecule has 0 saturated carbocycles. The summed E-state index contributed by atoms with van der Waals surface area (Å²) in [6.07, 6.45) is 5.27. The number of hydrogen-bond acceptors (Lipinski definition) is 2. The van der Waals surface area contributed by atoms with Crippen molar-refractivity contribution < 1.29 is 0 Å². The number of halogens is 1. The van der Waals surface area contributed by atoms with Crippen molar-refractivity contribution in [3.8, 4) is 22.6 Å². The quantitative estimate of drug-likeness (QED) is 0.757. The predicted molar refractivity (Wildman–Crippen MR) is 72.3 cm³/mol. The third kappa shape index (κ3) is 1.89. The van der Waals surface area contributed by atoms with Crippen LogP contribution < -0.4 is 0 Å². The van der Waals surface area contributed by atoms with Gasteiger partial charge in [-0.05, 0) is 24.3 Å². The highest BCUT2D eigenvalue weighted by Gasteiger charge is 2.14. The van der Waals surface area contributed by atoms with E-state index in [0.29, 0.717) is 5.02 Å². The van der Waals surface area contributed by atoms with Crippen LogP contribution in [-0.2, 0) is 0 Å². The molecule has 0 atom stereocenters. The Bertz CT molecular complexity index is 647. The molecular formula is C14H10ClN3. The summed E-state index contributed by atoms with van der Waals surface area (Å²) >= 11 is 6.23. The molecule has 0 fully saturated rings. The molecule has 0 aromatic carbocycles. The van der Waals surface area contributed by atoms with Gasteiger partial charge in [-0.3, -0.25) is 9.97 Å². The molecule has 4 heteroatoms. The highest BCUT2D eigenvalue weighted by Crippen LogP contribution is 2.35. The normalized spacial score (nSPS) is 10.5. The first kappa shape index (κ1) is 11.0. The predicted octanol–water partition coefficient (Wildman–Crippen LogP) is 3.79. The molecule has 3 nitrogen and oxygen atoms in total. The van der Waals surface area contributed by atoms with Gasteiger partial charge in [0.1, 0.15) is 0 Å². The molecule has 3 aromatic heterocycles. The Balaban J connectivity index is 2.19. The first-order valence-electron chi connectivity index (χ1n) is 5.56. The Kier molecular flexibility index (Phi) is 2.82. The summed E-state index contributed by atoms with van der Waals surface area (Å²) in [7, 11) is 0. The molecule has 3 rings (SSSR count). The fourth-order valence-corrected chi connectivity index (χ4v) is 2.12. The number of aromatic amines is 1. The van der Waals surface area contributed by atoms with Crippen molar-refractivity contribution >= 4 is 11.6 Å². The lowest BCUT2D eigenvalue weighted by Crippen LogP contribution is -1.87. The molecule has 0 spiro atoms. The molecule has 0 amide bonds. The molecule has 0 saturated heterocycles. The summed E-state index contributed by atoms with van der Waals surface area (Å²) < 4.78 is 0. The van der Waals surface area contributed by atoms with E-state index < -0.39 is 0 Å². The smallest absolute Gasteiger partial charge is 0.0871 e. The van der Waals surface area contributed by atoms with E-state index in [0.717, 1.165) is 22.6 Å². The molecule has 0 unspecified atom stereocenters. The van der Waals surface area contributed by atoms with E-state index in [-0.39, 0.29) is 0 Å². The zero-order valence-corrected chi connectivity index (χ0v) is 10.2. The molecule has 88 valence electrons. The Hall–Kier alpha value is -2.13. The van der Waals surface area contributed by atoms with Crippen LogP contribution in [0.2, 0.25) is 5.02 Å². The van der Waals surface area contributed by atoms with Crippen LogP contribution in [0.25, 0.3) is 22.6 Å². The summed E-state index contributed by atoms with van der Waals surface area (Å²) in [5, 5.41) is 0.648. The Morgan fingerprint density at radius 3 is 2.17 bits per heavy atom. The minimum Gasteiger partial charge on any atom is -0.358 e. The molecule has 18 heavy (non-hydrogen) atoms. The van der Waals surface area contributed by atoms with Crippen LogP contribution in [0.15, 0.2) is 55.0 Å². The molecule has 1 N–H and O–H groups in total. The SMILES string of the molecule is Clc1c[nH]c(-c2ccccn2)c1-c1ccccn1. The zero-order chi connectivity index (χ0) is 12.4. The van der Waals surface area contributed by atoms with Crippen LogP contribution in [0.5, 0.6) is 0 Å². The number of aromatic nitrogens is 3. The van der Waals surface area contributed by atoms with Gasteiger partial charge < -0.3 is 4.98 Å². The standard InChI is InChI=1S/C14H10ClN3/c15-10-9-18-14(12-6-2-4-8-17-12)13(10)11-5-1-3-7-16-11/h1-9,18H. The molecule has 0 aliphatic rings. The number of nitrogens with one attached hydrogen (secondary N) is 1. The maximum absolute atomic E-state index is 6.23. The van der Waals surface area contributed by atoms with E-state index in [1.165, 1.54) is 0 Å². The third-order valence-electron chi connectivity index (χ3n) is 2.67. The van der Waals surface area contributed by atoms with E-state index >= 15 is 0 Å². The van der Waals surface area contributed by atoms with Crippen molar-refractivity contribution in [2.24, 2.45) is 0 Å². The minimum atomic E-state index is 0.648. The highest BCUT2D eigenvalue weighted by atomic mass is 35.5. The van der Waals surface area contributed by atoms with Gasteiger partial charge in [0.05, 0.1) is 22.1 Å². The van der Waals surface area contributed by atoms with Gasteiger partial charge in [0.25, 0.3) is 0 Å². The van der Waals surface area contributed by atoms with Crippen LogP contribution in [0.4, 0.5) is 0 Å². The third-order valence-corrected chi connectivity index (χ3v) is 2.97. The van der Waals surface area contributed by atoms with E-state index in [4.69, 9.17) is 11.6 Å². The topological polar surface area (TPSA) is 41.6 Å². The number of pyridine rings is 2. The van der Waals surface area contributed by atoms with Crippen molar-refractivity contribution in [3.05, 3.63) is 60.0 Å². The summed E-state index contributed by atoms with van der Waals surface area (Å²) in [5.74, 6) is 0. The monoisotopic (exact) mass is 255 g/mol. The Labute approximate surface area is 109 Å². The van der Waals surface area contributed by atoms with Gasteiger partial charge in [-0.1, -0.05) is 23.7 Å². The van der Waals surface area contributed by atoms with Crippen LogP contribution >= 0.6 is 11.6 Å². The second-order valence-corrected chi connectivity index (χ2v) is 4.22. The first-order chi connectivity index (χ1) is 8.86. The number of nitrogens with zero attached hydrogens (tertiary/aromatic N) is 2. The molecule has 0 bridgehead atoms. The zero-order valence-electron chi connectivity index (χ0n) is 9.47.